The van der Waals surface area contributed by atoms with Crippen molar-refractivity contribution in [3.8, 4) is 0 Å². The van der Waals surface area contributed by atoms with Gasteiger partial charge >= 0.3 is 0 Å². The fourth-order valence-corrected chi connectivity index (χ4v) is 4.85. The number of halogens is 2. The molecule has 0 aliphatic carbocycles. The molecule has 2 aromatic heterocycles. The third-order valence-corrected chi connectivity index (χ3v) is 6.58. The minimum absolute atomic E-state index is 0.164. The van der Waals surface area contributed by atoms with Gasteiger partial charge in [0, 0.05) is 27.6 Å². The van der Waals surface area contributed by atoms with Gasteiger partial charge in [0.2, 0.25) is 6.04 Å². The van der Waals surface area contributed by atoms with Crippen molar-refractivity contribution in [3.63, 3.8) is 0 Å². The summed E-state index contributed by atoms with van der Waals surface area (Å²) in [5, 5.41) is 15.4. The average Bonchev–Trinajstić information content (AvgIpc) is 2.89. The summed E-state index contributed by atoms with van der Waals surface area (Å²) >= 11 is 12.5. The topological polar surface area (TPSA) is 39.8 Å². The number of rotatable bonds is 6. The third-order valence-electron chi connectivity index (χ3n) is 6.03. The lowest BCUT2D eigenvalue weighted by atomic mass is 9.87. The maximum atomic E-state index is 13.5. The Morgan fingerprint density at radius 1 is 0.800 bits per heavy atom. The van der Waals surface area contributed by atoms with Gasteiger partial charge in [0.25, 0.3) is 0 Å². The molecule has 0 aliphatic heterocycles. The van der Waals surface area contributed by atoms with E-state index in [9.17, 15) is 5.11 Å². The quantitative estimate of drug-likeness (QED) is 0.196. The Bertz CT molecular complexity index is 1490. The maximum Gasteiger partial charge on any atom is 0.210 e. The Labute approximate surface area is 214 Å². The number of pyridine rings is 2. The molecule has 0 amide bonds. The molecule has 5 aromatic rings. The van der Waals surface area contributed by atoms with Crippen LogP contribution in [-0.2, 0) is 0 Å². The van der Waals surface area contributed by atoms with Gasteiger partial charge in [-0.3, -0.25) is 0 Å². The molecule has 2 heterocycles. The molecule has 0 bridgehead atoms. The van der Waals surface area contributed by atoms with Crippen LogP contribution in [0, 0.1) is 0 Å². The number of fused-ring (bicyclic) bond motifs is 1. The number of hydrogen-bond donors (Lipinski definition) is 0. The molecule has 0 aliphatic rings. The van der Waals surface area contributed by atoms with Gasteiger partial charge in [0.05, 0.1) is 11.4 Å². The summed E-state index contributed by atoms with van der Waals surface area (Å²) in [7, 11) is 0. The first-order valence-corrected chi connectivity index (χ1v) is 12.1. The van der Waals surface area contributed by atoms with Crippen LogP contribution in [0.4, 0.5) is 0 Å². The standard InChI is InChI=1S/C30H22Cl2N2O/c31-23-14-15-24(26(32)19-23)29(35)20-25(21-9-3-1-4-10-21)30(34-17-7-2-8-18-34)28-16-13-22-11-5-6-12-27(22)33-28/h1-20,25,30H/b29-20-. The van der Waals surface area contributed by atoms with Crippen LogP contribution < -0.4 is 9.67 Å². The van der Waals surface area contributed by atoms with Gasteiger partial charge in [-0.1, -0.05) is 96.0 Å². The zero-order valence-corrected chi connectivity index (χ0v) is 20.3. The first kappa shape index (κ1) is 23.1. The van der Waals surface area contributed by atoms with Crippen LogP contribution in [0.25, 0.3) is 16.7 Å². The summed E-state index contributed by atoms with van der Waals surface area (Å²) in [6.07, 6.45) is 5.75. The molecule has 5 heteroatoms. The molecule has 5 rings (SSSR count). The van der Waals surface area contributed by atoms with Crippen molar-refractivity contribution in [2.24, 2.45) is 0 Å². The minimum Gasteiger partial charge on any atom is -0.872 e. The number of para-hydroxylation sites is 1. The van der Waals surface area contributed by atoms with E-state index in [0.717, 1.165) is 22.2 Å². The molecule has 0 radical (unpaired) electrons. The summed E-state index contributed by atoms with van der Waals surface area (Å²) in [6, 6.07) is 32.8. The number of benzene rings is 3. The number of hydrogen-bond acceptors (Lipinski definition) is 2. The van der Waals surface area contributed by atoms with Gasteiger partial charge in [-0.25, -0.2) is 4.98 Å². The van der Waals surface area contributed by atoms with E-state index in [4.69, 9.17) is 28.2 Å². The van der Waals surface area contributed by atoms with Gasteiger partial charge in [-0.15, -0.1) is 5.76 Å². The average molecular weight is 497 g/mol. The lowest BCUT2D eigenvalue weighted by Crippen LogP contribution is -2.43. The monoisotopic (exact) mass is 496 g/mol. The van der Waals surface area contributed by atoms with Crippen molar-refractivity contribution in [2.75, 3.05) is 0 Å². The van der Waals surface area contributed by atoms with E-state index in [-0.39, 0.29) is 17.7 Å². The largest absolute Gasteiger partial charge is 0.872 e. The number of allylic oxidation sites excluding steroid dienone is 1. The highest BCUT2D eigenvalue weighted by molar-refractivity contribution is 6.35. The first-order chi connectivity index (χ1) is 17.1. The minimum atomic E-state index is -0.309. The van der Waals surface area contributed by atoms with Crippen LogP contribution in [-0.4, -0.2) is 4.98 Å². The Morgan fingerprint density at radius 2 is 1.51 bits per heavy atom. The van der Waals surface area contributed by atoms with E-state index < -0.39 is 0 Å². The van der Waals surface area contributed by atoms with Crippen LogP contribution >= 0.6 is 23.2 Å². The predicted molar refractivity (Wildman–Crippen MR) is 140 cm³/mol. The SMILES string of the molecule is [O-]/C(=C\C(c1ccccc1)C(c1ccc2ccccc2n1)[n+]1ccccc1)c1ccc(Cl)cc1Cl. The molecular weight excluding hydrogens is 475 g/mol. The van der Waals surface area contributed by atoms with Crippen molar-refractivity contribution >= 4 is 39.9 Å². The van der Waals surface area contributed by atoms with Crippen molar-refractivity contribution in [1.29, 1.82) is 0 Å². The highest BCUT2D eigenvalue weighted by Crippen LogP contribution is 2.35. The summed E-state index contributed by atoms with van der Waals surface area (Å²) in [4.78, 5) is 5.01. The smallest absolute Gasteiger partial charge is 0.210 e. The van der Waals surface area contributed by atoms with Gasteiger partial charge in [-0.05, 0) is 35.4 Å². The molecule has 0 saturated carbocycles. The van der Waals surface area contributed by atoms with E-state index in [1.165, 1.54) is 0 Å². The molecule has 0 saturated heterocycles. The van der Waals surface area contributed by atoms with E-state index in [0.29, 0.717) is 15.6 Å². The van der Waals surface area contributed by atoms with Crippen LogP contribution in [0.2, 0.25) is 10.0 Å². The molecule has 3 nitrogen and oxygen atoms in total. The zero-order chi connectivity index (χ0) is 24.2. The molecule has 35 heavy (non-hydrogen) atoms. The first-order valence-electron chi connectivity index (χ1n) is 11.3. The van der Waals surface area contributed by atoms with E-state index >= 15 is 0 Å². The predicted octanol–water partition coefficient (Wildman–Crippen LogP) is 6.60. The van der Waals surface area contributed by atoms with Crippen LogP contribution in [0.1, 0.15) is 28.8 Å². The maximum absolute atomic E-state index is 13.5. The van der Waals surface area contributed by atoms with Crippen LogP contribution in [0.15, 0.2) is 122 Å². The molecule has 3 aromatic carbocycles. The molecule has 0 fully saturated rings. The molecule has 2 atom stereocenters. The number of aromatic nitrogens is 2. The second-order valence-electron chi connectivity index (χ2n) is 8.29. The molecule has 172 valence electrons. The van der Waals surface area contributed by atoms with Gasteiger partial charge in [-0.2, -0.15) is 4.57 Å². The summed E-state index contributed by atoms with van der Waals surface area (Å²) in [6.45, 7) is 0. The molecule has 2 unspecified atom stereocenters. The normalized spacial score (nSPS) is 13.5. The zero-order valence-electron chi connectivity index (χ0n) is 18.8. The Balaban J connectivity index is 1.71. The summed E-state index contributed by atoms with van der Waals surface area (Å²) in [5.74, 6) is -0.473. The lowest BCUT2D eigenvalue weighted by Gasteiger charge is -2.24. The summed E-state index contributed by atoms with van der Waals surface area (Å²) in [5.41, 5.74) is 3.19. The molecule has 0 spiro atoms. The number of nitrogens with zero attached hydrogens (tertiary/aromatic N) is 2. The highest BCUT2D eigenvalue weighted by Gasteiger charge is 2.32. The Kier molecular flexibility index (Phi) is 6.80. The van der Waals surface area contributed by atoms with Crippen molar-refractivity contribution in [3.05, 3.63) is 148 Å². The Hall–Kier alpha value is -3.66. The molecule has 0 N–H and O–H groups in total. The fourth-order valence-electron chi connectivity index (χ4n) is 4.35. The van der Waals surface area contributed by atoms with Crippen molar-refractivity contribution in [1.82, 2.24) is 4.98 Å². The fraction of sp³-hybridized carbons (Fsp3) is 0.0667. The van der Waals surface area contributed by atoms with Crippen molar-refractivity contribution < 1.29 is 9.67 Å². The van der Waals surface area contributed by atoms with E-state index in [1.807, 2.05) is 91.3 Å². The second-order valence-corrected chi connectivity index (χ2v) is 9.13. The van der Waals surface area contributed by atoms with Gasteiger partial charge < -0.3 is 5.11 Å². The van der Waals surface area contributed by atoms with Crippen LogP contribution in [0.5, 0.6) is 0 Å². The van der Waals surface area contributed by atoms with Crippen molar-refractivity contribution in [2.45, 2.75) is 12.0 Å². The second kappa shape index (κ2) is 10.3. The van der Waals surface area contributed by atoms with Crippen LogP contribution in [0.3, 0.4) is 0 Å². The summed E-state index contributed by atoms with van der Waals surface area (Å²) < 4.78 is 2.10. The third kappa shape index (κ3) is 5.07. The van der Waals surface area contributed by atoms with Gasteiger partial charge in [0.1, 0.15) is 5.69 Å². The lowest BCUT2D eigenvalue weighted by molar-refractivity contribution is -0.716. The highest BCUT2D eigenvalue weighted by atomic mass is 35.5. The van der Waals surface area contributed by atoms with Gasteiger partial charge in [0.15, 0.2) is 12.4 Å². The Morgan fingerprint density at radius 3 is 2.29 bits per heavy atom. The molecular formula is C30H22Cl2N2O. The van der Waals surface area contributed by atoms with E-state index in [2.05, 4.69) is 10.6 Å². The van der Waals surface area contributed by atoms with E-state index in [1.54, 1.807) is 24.3 Å².